The van der Waals surface area contributed by atoms with Gasteiger partial charge in [-0.1, -0.05) is 11.6 Å². The Morgan fingerprint density at radius 2 is 1.82 bits per heavy atom. The summed E-state index contributed by atoms with van der Waals surface area (Å²) in [5.41, 5.74) is 0.847. The van der Waals surface area contributed by atoms with Crippen LogP contribution in [0.25, 0.3) is 11.3 Å². The third-order valence-corrected chi connectivity index (χ3v) is 4.25. The molecule has 1 heterocycles. The Kier molecular flexibility index (Phi) is 5.56. The Morgan fingerprint density at radius 3 is 2.43 bits per heavy atom. The Labute approximate surface area is 163 Å². The molecule has 1 amide bonds. The molecule has 144 valence electrons. The maximum absolute atomic E-state index is 12.6. The molecule has 0 atom stereocenters. The number of ether oxygens (including phenoxy) is 1. The summed E-state index contributed by atoms with van der Waals surface area (Å²) in [7, 11) is 1.45. The average molecular weight is 407 g/mol. The predicted molar refractivity (Wildman–Crippen MR) is 101 cm³/mol. The number of amides is 1. The van der Waals surface area contributed by atoms with Crippen LogP contribution in [0.4, 0.5) is 18.9 Å². The van der Waals surface area contributed by atoms with Crippen molar-refractivity contribution < 1.29 is 22.7 Å². The summed E-state index contributed by atoms with van der Waals surface area (Å²) in [6.45, 7) is 0. The quantitative estimate of drug-likeness (QED) is 0.606. The second-order valence-corrected chi connectivity index (χ2v) is 6.19. The van der Waals surface area contributed by atoms with E-state index in [-0.39, 0.29) is 11.3 Å². The molecule has 0 aliphatic rings. The van der Waals surface area contributed by atoms with Crippen LogP contribution in [0, 0.1) is 0 Å². The van der Waals surface area contributed by atoms with Crippen molar-refractivity contribution in [2.24, 2.45) is 0 Å². The van der Waals surface area contributed by atoms with Gasteiger partial charge in [0.2, 0.25) is 0 Å². The van der Waals surface area contributed by atoms with Gasteiger partial charge in [-0.15, -0.1) is 0 Å². The fraction of sp³-hybridized carbons (Fsp3) is 0.100. The molecular weight excluding hydrogens is 393 g/mol. The largest absolute Gasteiger partial charge is 0.496 e. The van der Waals surface area contributed by atoms with Gasteiger partial charge in [0.25, 0.3) is 5.91 Å². The van der Waals surface area contributed by atoms with Crippen LogP contribution in [-0.2, 0) is 6.18 Å². The van der Waals surface area contributed by atoms with Crippen molar-refractivity contribution in [3.8, 4) is 17.0 Å². The van der Waals surface area contributed by atoms with Gasteiger partial charge < -0.3 is 10.1 Å². The molecule has 8 heteroatoms. The Hall–Kier alpha value is -3.06. The number of hydrogen-bond acceptors (Lipinski definition) is 3. The first kappa shape index (κ1) is 19.7. The number of alkyl halides is 3. The highest BCUT2D eigenvalue weighted by Crippen LogP contribution is 2.34. The lowest BCUT2D eigenvalue weighted by Crippen LogP contribution is -2.12. The van der Waals surface area contributed by atoms with Gasteiger partial charge in [-0.05, 0) is 54.6 Å². The molecule has 1 aromatic heterocycles. The van der Waals surface area contributed by atoms with E-state index >= 15 is 0 Å². The van der Waals surface area contributed by atoms with E-state index in [1.165, 1.54) is 25.3 Å². The van der Waals surface area contributed by atoms with E-state index < -0.39 is 17.6 Å². The van der Waals surface area contributed by atoms with Crippen molar-refractivity contribution in [2.45, 2.75) is 6.18 Å². The topological polar surface area (TPSA) is 51.2 Å². The summed E-state index contributed by atoms with van der Waals surface area (Å²) in [5.74, 6) is -0.0996. The third kappa shape index (κ3) is 4.26. The van der Waals surface area contributed by atoms with Crippen LogP contribution in [0.5, 0.6) is 5.75 Å². The van der Waals surface area contributed by atoms with Crippen LogP contribution in [0.1, 0.15) is 15.9 Å². The first-order chi connectivity index (χ1) is 13.3. The molecule has 3 rings (SSSR count). The van der Waals surface area contributed by atoms with Crippen LogP contribution in [-0.4, -0.2) is 18.0 Å². The van der Waals surface area contributed by atoms with E-state index in [4.69, 9.17) is 16.3 Å². The van der Waals surface area contributed by atoms with Gasteiger partial charge in [-0.2, -0.15) is 13.2 Å². The smallest absolute Gasteiger partial charge is 0.416 e. The number of hydrogen-bond donors (Lipinski definition) is 1. The number of benzene rings is 2. The summed E-state index contributed by atoms with van der Waals surface area (Å²) in [4.78, 5) is 16.7. The van der Waals surface area contributed by atoms with Gasteiger partial charge in [0.15, 0.2) is 0 Å². The first-order valence-corrected chi connectivity index (χ1v) is 8.45. The summed E-state index contributed by atoms with van der Waals surface area (Å²) in [6, 6.07) is 12.3. The lowest BCUT2D eigenvalue weighted by molar-refractivity contribution is -0.137. The number of pyridine rings is 1. The summed E-state index contributed by atoms with van der Waals surface area (Å²) in [6.07, 6.45) is -2.84. The van der Waals surface area contributed by atoms with Crippen molar-refractivity contribution in [3.05, 3.63) is 76.9 Å². The maximum Gasteiger partial charge on any atom is 0.416 e. The number of methoxy groups -OCH3 is 1. The van der Waals surface area contributed by atoms with E-state index in [0.717, 1.165) is 12.1 Å². The summed E-state index contributed by atoms with van der Waals surface area (Å²) in [5, 5.41) is 2.99. The molecule has 0 unspecified atom stereocenters. The van der Waals surface area contributed by atoms with E-state index in [0.29, 0.717) is 22.0 Å². The van der Waals surface area contributed by atoms with Crippen LogP contribution < -0.4 is 10.1 Å². The molecule has 2 aromatic carbocycles. The molecule has 3 aromatic rings. The minimum Gasteiger partial charge on any atom is -0.496 e. The highest BCUT2D eigenvalue weighted by Gasteiger charge is 2.30. The Balaban J connectivity index is 1.84. The third-order valence-electron chi connectivity index (χ3n) is 3.95. The monoisotopic (exact) mass is 406 g/mol. The zero-order chi connectivity index (χ0) is 20.3. The van der Waals surface area contributed by atoms with Crippen LogP contribution in [0.15, 0.2) is 60.8 Å². The molecule has 0 radical (unpaired) electrons. The molecular formula is C20H14ClF3N2O2. The molecule has 1 N–H and O–H groups in total. The van der Waals surface area contributed by atoms with Gasteiger partial charge in [-0.3, -0.25) is 9.78 Å². The highest BCUT2D eigenvalue weighted by atomic mass is 35.5. The van der Waals surface area contributed by atoms with Crippen molar-refractivity contribution >= 4 is 23.2 Å². The average Bonchev–Trinajstić information content (AvgIpc) is 2.67. The molecule has 0 saturated heterocycles. The zero-order valence-corrected chi connectivity index (χ0v) is 15.3. The fourth-order valence-electron chi connectivity index (χ4n) is 2.56. The zero-order valence-electron chi connectivity index (χ0n) is 14.5. The van der Waals surface area contributed by atoms with Crippen LogP contribution in [0.2, 0.25) is 5.02 Å². The first-order valence-electron chi connectivity index (χ1n) is 8.07. The van der Waals surface area contributed by atoms with Crippen molar-refractivity contribution in [2.75, 3.05) is 12.4 Å². The van der Waals surface area contributed by atoms with Gasteiger partial charge in [0.05, 0.1) is 23.4 Å². The molecule has 0 aliphatic heterocycles. The van der Waals surface area contributed by atoms with Crippen molar-refractivity contribution in [1.82, 2.24) is 4.98 Å². The minimum absolute atomic E-state index is 0.244. The van der Waals surface area contributed by atoms with Crippen molar-refractivity contribution in [1.29, 1.82) is 0 Å². The number of carbonyl (C=O) groups is 1. The Morgan fingerprint density at radius 1 is 1.11 bits per heavy atom. The van der Waals surface area contributed by atoms with E-state index in [2.05, 4.69) is 10.3 Å². The molecule has 0 aliphatic carbocycles. The molecule has 0 spiro atoms. The highest BCUT2D eigenvalue weighted by molar-refractivity contribution is 6.33. The second kappa shape index (κ2) is 7.90. The molecule has 0 fully saturated rings. The molecule has 0 saturated carbocycles. The molecule has 0 bridgehead atoms. The predicted octanol–water partition coefficient (Wildman–Crippen LogP) is 5.68. The standard InChI is InChI=1S/C20H14ClF3N2O2/c1-28-17-11-12(4-9-15(17)18-16(21)3-2-10-25-18)19(27)26-14-7-5-13(6-8-14)20(22,23)24/h2-11H,1H3,(H,26,27). The lowest BCUT2D eigenvalue weighted by atomic mass is 10.1. The molecule has 28 heavy (non-hydrogen) atoms. The SMILES string of the molecule is COc1cc(C(=O)Nc2ccc(C(F)(F)F)cc2)ccc1-c1ncccc1Cl. The van der Waals surface area contributed by atoms with Gasteiger partial charge in [0, 0.05) is 23.0 Å². The summed E-state index contributed by atoms with van der Waals surface area (Å²) >= 11 is 6.16. The number of halogens is 4. The van der Waals surface area contributed by atoms with Gasteiger partial charge in [-0.25, -0.2) is 0 Å². The van der Waals surface area contributed by atoms with Crippen LogP contribution in [0.3, 0.4) is 0 Å². The fourth-order valence-corrected chi connectivity index (χ4v) is 2.78. The Bertz CT molecular complexity index is 1010. The summed E-state index contributed by atoms with van der Waals surface area (Å²) < 4.78 is 43.2. The molecule has 4 nitrogen and oxygen atoms in total. The number of nitrogens with one attached hydrogen (secondary N) is 1. The van der Waals surface area contributed by atoms with E-state index in [1.54, 1.807) is 30.5 Å². The maximum atomic E-state index is 12.6. The van der Waals surface area contributed by atoms with Crippen LogP contribution >= 0.6 is 11.6 Å². The number of rotatable bonds is 4. The number of anilines is 1. The minimum atomic E-state index is -4.43. The number of aromatic nitrogens is 1. The van der Waals surface area contributed by atoms with Gasteiger partial charge >= 0.3 is 6.18 Å². The normalized spacial score (nSPS) is 11.2. The van der Waals surface area contributed by atoms with E-state index in [9.17, 15) is 18.0 Å². The second-order valence-electron chi connectivity index (χ2n) is 5.78. The lowest BCUT2D eigenvalue weighted by Gasteiger charge is -2.12. The van der Waals surface area contributed by atoms with Crippen molar-refractivity contribution in [3.63, 3.8) is 0 Å². The van der Waals surface area contributed by atoms with E-state index in [1.807, 2.05) is 0 Å². The number of carbonyl (C=O) groups excluding carboxylic acids is 1. The number of nitrogens with zero attached hydrogens (tertiary/aromatic N) is 1. The van der Waals surface area contributed by atoms with Gasteiger partial charge in [0.1, 0.15) is 5.75 Å².